The van der Waals surface area contributed by atoms with Crippen LogP contribution in [0.15, 0.2) is 48.7 Å². The lowest BCUT2D eigenvalue weighted by atomic mass is 10.1. The quantitative estimate of drug-likeness (QED) is 0.753. The number of carbonyl (C=O) groups excluding carboxylic acids is 1. The third-order valence-corrected chi connectivity index (χ3v) is 4.56. The largest absolute Gasteiger partial charge is 0.350 e. The molecule has 0 radical (unpaired) electrons. The first kappa shape index (κ1) is 17.0. The van der Waals surface area contributed by atoms with Crippen LogP contribution in [0.4, 0.5) is 11.4 Å². The Bertz CT molecular complexity index is 1070. The molecule has 130 valence electrons. The van der Waals surface area contributed by atoms with Crippen molar-refractivity contribution in [1.29, 1.82) is 0 Å². The minimum Gasteiger partial charge on any atom is -0.350 e. The molecule has 7 heteroatoms. The van der Waals surface area contributed by atoms with Gasteiger partial charge in [-0.3, -0.25) is 9.52 Å². The first-order valence-electron chi connectivity index (χ1n) is 7.68. The molecular formula is C18H19N3O3S. The van der Waals surface area contributed by atoms with Gasteiger partial charge < -0.3 is 9.88 Å². The Balaban J connectivity index is 1.92. The second kappa shape index (κ2) is 6.25. The van der Waals surface area contributed by atoms with E-state index in [1.807, 2.05) is 42.1 Å². The molecule has 2 aromatic carbocycles. The molecule has 0 bridgehead atoms. The van der Waals surface area contributed by atoms with Crippen molar-refractivity contribution in [2.24, 2.45) is 7.05 Å². The fourth-order valence-corrected chi connectivity index (χ4v) is 3.30. The van der Waals surface area contributed by atoms with Crippen molar-refractivity contribution in [3.8, 4) is 0 Å². The van der Waals surface area contributed by atoms with E-state index in [2.05, 4.69) is 10.0 Å². The van der Waals surface area contributed by atoms with Crippen LogP contribution < -0.4 is 10.0 Å². The van der Waals surface area contributed by atoms with Crippen LogP contribution in [0.5, 0.6) is 0 Å². The van der Waals surface area contributed by atoms with Crippen molar-refractivity contribution in [2.45, 2.75) is 6.92 Å². The van der Waals surface area contributed by atoms with Crippen molar-refractivity contribution in [3.63, 3.8) is 0 Å². The third kappa shape index (κ3) is 3.66. The summed E-state index contributed by atoms with van der Waals surface area (Å²) in [6, 6.07) is 12.6. The molecule has 0 unspecified atom stereocenters. The minimum atomic E-state index is -3.41. The molecule has 0 aliphatic heterocycles. The number of fused-ring (bicyclic) bond motifs is 1. The van der Waals surface area contributed by atoms with Gasteiger partial charge in [-0.05, 0) is 42.8 Å². The molecule has 3 rings (SSSR count). The van der Waals surface area contributed by atoms with Crippen LogP contribution in [0, 0.1) is 6.92 Å². The fourth-order valence-electron chi connectivity index (χ4n) is 2.68. The number of hydrogen-bond acceptors (Lipinski definition) is 3. The molecule has 0 fully saturated rings. The van der Waals surface area contributed by atoms with Crippen LogP contribution in [0.1, 0.15) is 15.9 Å². The minimum absolute atomic E-state index is 0.298. The van der Waals surface area contributed by atoms with Gasteiger partial charge in [0.15, 0.2) is 0 Å². The number of sulfonamides is 1. The number of amides is 1. The molecule has 0 saturated carbocycles. The number of hydrogen-bond donors (Lipinski definition) is 2. The Morgan fingerprint density at radius 3 is 2.56 bits per heavy atom. The van der Waals surface area contributed by atoms with Crippen LogP contribution in [-0.4, -0.2) is 25.1 Å². The van der Waals surface area contributed by atoms with E-state index in [1.54, 1.807) is 19.1 Å². The predicted molar refractivity (Wildman–Crippen MR) is 101 cm³/mol. The van der Waals surface area contributed by atoms with E-state index in [0.717, 1.165) is 22.7 Å². The topological polar surface area (TPSA) is 80.2 Å². The Kier molecular flexibility index (Phi) is 4.26. The first-order valence-corrected chi connectivity index (χ1v) is 9.57. The SMILES string of the molecule is Cc1ccc(C(=O)Nc2cccc3c2ccn3C)cc1NS(C)(=O)=O. The van der Waals surface area contributed by atoms with E-state index in [0.29, 0.717) is 16.9 Å². The van der Waals surface area contributed by atoms with Crippen LogP contribution in [0.25, 0.3) is 10.9 Å². The second-order valence-electron chi connectivity index (χ2n) is 6.02. The van der Waals surface area contributed by atoms with Crippen molar-refractivity contribution < 1.29 is 13.2 Å². The van der Waals surface area contributed by atoms with E-state index in [1.165, 1.54) is 6.07 Å². The van der Waals surface area contributed by atoms with E-state index in [9.17, 15) is 13.2 Å². The van der Waals surface area contributed by atoms with Gasteiger partial charge in [0.05, 0.1) is 17.6 Å². The molecule has 0 spiro atoms. The Morgan fingerprint density at radius 1 is 1.08 bits per heavy atom. The van der Waals surface area contributed by atoms with Crippen molar-refractivity contribution in [2.75, 3.05) is 16.3 Å². The van der Waals surface area contributed by atoms with Crippen molar-refractivity contribution >= 4 is 38.2 Å². The summed E-state index contributed by atoms with van der Waals surface area (Å²) < 4.78 is 27.3. The summed E-state index contributed by atoms with van der Waals surface area (Å²) in [5.74, 6) is -0.298. The average molecular weight is 357 g/mol. The lowest BCUT2D eigenvalue weighted by Crippen LogP contribution is -2.14. The maximum absolute atomic E-state index is 12.6. The molecule has 0 aliphatic carbocycles. The summed E-state index contributed by atoms with van der Waals surface area (Å²) in [5, 5.41) is 3.84. The summed E-state index contributed by atoms with van der Waals surface area (Å²) in [4.78, 5) is 12.6. The summed E-state index contributed by atoms with van der Waals surface area (Å²) in [7, 11) is -1.47. The zero-order chi connectivity index (χ0) is 18.2. The molecule has 1 aromatic heterocycles. The molecule has 6 nitrogen and oxygen atoms in total. The normalized spacial score (nSPS) is 11.5. The average Bonchev–Trinajstić information content (AvgIpc) is 2.91. The van der Waals surface area contributed by atoms with Gasteiger partial charge in [-0.1, -0.05) is 12.1 Å². The van der Waals surface area contributed by atoms with Crippen molar-refractivity contribution in [1.82, 2.24) is 4.57 Å². The molecular weight excluding hydrogens is 338 g/mol. The lowest BCUT2D eigenvalue weighted by molar-refractivity contribution is 0.102. The van der Waals surface area contributed by atoms with E-state index in [4.69, 9.17) is 0 Å². The summed E-state index contributed by atoms with van der Waals surface area (Å²) in [5.41, 5.74) is 3.24. The molecule has 1 amide bonds. The van der Waals surface area contributed by atoms with Gasteiger partial charge >= 0.3 is 0 Å². The highest BCUT2D eigenvalue weighted by molar-refractivity contribution is 7.92. The maximum Gasteiger partial charge on any atom is 0.255 e. The lowest BCUT2D eigenvalue weighted by Gasteiger charge is -2.11. The number of benzene rings is 2. The number of aryl methyl sites for hydroxylation is 2. The fraction of sp³-hybridized carbons (Fsp3) is 0.167. The van der Waals surface area contributed by atoms with Crippen LogP contribution in [-0.2, 0) is 17.1 Å². The summed E-state index contributed by atoms with van der Waals surface area (Å²) in [6.45, 7) is 1.78. The number of nitrogens with zero attached hydrogens (tertiary/aromatic N) is 1. The Hall–Kier alpha value is -2.80. The van der Waals surface area contributed by atoms with E-state index in [-0.39, 0.29) is 5.91 Å². The van der Waals surface area contributed by atoms with Gasteiger partial charge in [0.1, 0.15) is 0 Å². The molecule has 2 N–H and O–H groups in total. The monoisotopic (exact) mass is 357 g/mol. The zero-order valence-corrected chi connectivity index (χ0v) is 15.0. The van der Waals surface area contributed by atoms with Gasteiger partial charge in [-0.15, -0.1) is 0 Å². The standard InChI is InChI=1S/C18H19N3O3S/c1-12-7-8-13(11-16(12)20-25(3,23)24)18(22)19-15-5-4-6-17-14(15)9-10-21(17)2/h4-11,20H,1-3H3,(H,19,22). The summed E-state index contributed by atoms with van der Waals surface area (Å²) >= 11 is 0. The highest BCUT2D eigenvalue weighted by atomic mass is 32.2. The second-order valence-corrected chi connectivity index (χ2v) is 7.77. The van der Waals surface area contributed by atoms with Gasteiger partial charge in [0, 0.05) is 29.7 Å². The molecule has 25 heavy (non-hydrogen) atoms. The number of anilines is 2. The van der Waals surface area contributed by atoms with Crippen LogP contribution in [0.3, 0.4) is 0 Å². The smallest absolute Gasteiger partial charge is 0.255 e. The molecule has 3 aromatic rings. The van der Waals surface area contributed by atoms with Gasteiger partial charge in [-0.25, -0.2) is 8.42 Å². The number of carbonyl (C=O) groups is 1. The van der Waals surface area contributed by atoms with E-state index < -0.39 is 10.0 Å². The molecule has 1 heterocycles. The Morgan fingerprint density at radius 2 is 1.84 bits per heavy atom. The number of nitrogens with one attached hydrogen (secondary N) is 2. The predicted octanol–water partition coefficient (Wildman–Crippen LogP) is 3.11. The van der Waals surface area contributed by atoms with Crippen LogP contribution in [0.2, 0.25) is 0 Å². The van der Waals surface area contributed by atoms with Gasteiger partial charge in [0.25, 0.3) is 5.91 Å². The highest BCUT2D eigenvalue weighted by Gasteiger charge is 2.12. The number of aromatic nitrogens is 1. The zero-order valence-electron chi connectivity index (χ0n) is 14.2. The van der Waals surface area contributed by atoms with Crippen LogP contribution >= 0.6 is 0 Å². The molecule has 0 saturated heterocycles. The number of rotatable bonds is 4. The Labute approximate surface area is 146 Å². The highest BCUT2D eigenvalue weighted by Crippen LogP contribution is 2.25. The first-order chi connectivity index (χ1) is 11.7. The summed E-state index contributed by atoms with van der Waals surface area (Å²) in [6.07, 6.45) is 3.01. The third-order valence-electron chi connectivity index (χ3n) is 3.97. The molecule has 0 atom stereocenters. The van der Waals surface area contributed by atoms with Gasteiger partial charge in [-0.2, -0.15) is 0 Å². The van der Waals surface area contributed by atoms with Crippen molar-refractivity contribution in [3.05, 3.63) is 59.8 Å². The molecule has 0 aliphatic rings. The van der Waals surface area contributed by atoms with E-state index >= 15 is 0 Å². The van der Waals surface area contributed by atoms with Gasteiger partial charge in [0.2, 0.25) is 10.0 Å². The maximum atomic E-state index is 12.6.